The predicted molar refractivity (Wildman–Crippen MR) is 80.0 cm³/mol. The van der Waals surface area contributed by atoms with Crippen molar-refractivity contribution < 1.29 is 28.2 Å². The number of hydrogen-bond acceptors (Lipinski definition) is 3. The van der Waals surface area contributed by atoms with E-state index in [1.807, 2.05) is 0 Å². The standard InChI is InChI=1S/C16H21F2NO4/c1-16(2,3)23-15(22)19-9-10(7-14(20)21)6-11-8-12(17)4-5-13(11)18/h4-5,8,10H,6-7,9H2,1-3H3,(H,19,22)(H,20,21)/t10-/m1/s1. The molecule has 1 aromatic rings. The Hall–Kier alpha value is -2.18. The molecular weight excluding hydrogens is 308 g/mol. The Labute approximate surface area is 133 Å². The first-order valence-electron chi connectivity index (χ1n) is 7.19. The van der Waals surface area contributed by atoms with Crippen LogP contribution in [-0.4, -0.2) is 29.3 Å². The fraction of sp³-hybridized carbons (Fsp3) is 0.500. The average Bonchev–Trinajstić information content (AvgIpc) is 2.37. The Morgan fingerprint density at radius 1 is 1.30 bits per heavy atom. The van der Waals surface area contributed by atoms with E-state index in [-0.39, 0.29) is 24.9 Å². The molecule has 1 aromatic carbocycles. The van der Waals surface area contributed by atoms with Gasteiger partial charge < -0.3 is 15.2 Å². The highest BCUT2D eigenvalue weighted by Crippen LogP contribution is 2.17. The Morgan fingerprint density at radius 3 is 2.52 bits per heavy atom. The minimum absolute atomic E-state index is 0.00824. The van der Waals surface area contributed by atoms with Gasteiger partial charge in [-0.1, -0.05) is 0 Å². The highest BCUT2D eigenvalue weighted by atomic mass is 19.1. The van der Waals surface area contributed by atoms with Gasteiger partial charge in [-0.15, -0.1) is 0 Å². The number of benzene rings is 1. The zero-order chi connectivity index (χ0) is 17.6. The van der Waals surface area contributed by atoms with Gasteiger partial charge >= 0.3 is 12.1 Å². The Morgan fingerprint density at radius 2 is 1.96 bits per heavy atom. The van der Waals surface area contributed by atoms with Gasteiger partial charge in [-0.05, 0) is 56.9 Å². The van der Waals surface area contributed by atoms with Crippen LogP contribution >= 0.6 is 0 Å². The van der Waals surface area contributed by atoms with Crippen molar-refractivity contribution in [3.63, 3.8) is 0 Å². The number of ether oxygens (including phenoxy) is 1. The van der Waals surface area contributed by atoms with Crippen molar-refractivity contribution in [2.45, 2.75) is 39.2 Å². The molecule has 128 valence electrons. The summed E-state index contributed by atoms with van der Waals surface area (Å²) in [7, 11) is 0. The predicted octanol–water partition coefficient (Wildman–Crippen LogP) is 3.12. The number of hydrogen-bond donors (Lipinski definition) is 2. The Kier molecular flexibility index (Phi) is 6.48. The molecule has 5 nitrogen and oxygen atoms in total. The van der Waals surface area contributed by atoms with Gasteiger partial charge in [0.05, 0.1) is 6.42 Å². The molecule has 1 rings (SSSR count). The largest absolute Gasteiger partial charge is 0.481 e. The second-order valence-corrected chi connectivity index (χ2v) is 6.29. The molecule has 0 saturated carbocycles. The summed E-state index contributed by atoms with van der Waals surface area (Å²) in [6.45, 7) is 5.08. The smallest absolute Gasteiger partial charge is 0.407 e. The van der Waals surface area contributed by atoms with E-state index in [4.69, 9.17) is 9.84 Å². The van der Waals surface area contributed by atoms with Crippen LogP contribution in [0.1, 0.15) is 32.8 Å². The summed E-state index contributed by atoms with van der Waals surface area (Å²) in [5.74, 6) is -2.89. The maximum Gasteiger partial charge on any atom is 0.407 e. The molecule has 0 aliphatic rings. The second-order valence-electron chi connectivity index (χ2n) is 6.29. The van der Waals surface area contributed by atoms with Crippen molar-refractivity contribution >= 4 is 12.1 Å². The fourth-order valence-electron chi connectivity index (χ4n) is 2.02. The summed E-state index contributed by atoms with van der Waals surface area (Å²) < 4.78 is 31.9. The number of nitrogens with one attached hydrogen (secondary N) is 1. The van der Waals surface area contributed by atoms with E-state index >= 15 is 0 Å². The van der Waals surface area contributed by atoms with Crippen LogP contribution < -0.4 is 5.32 Å². The molecular formula is C16H21F2NO4. The monoisotopic (exact) mass is 329 g/mol. The van der Waals surface area contributed by atoms with E-state index in [9.17, 15) is 18.4 Å². The lowest BCUT2D eigenvalue weighted by Gasteiger charge is -2.21. The summed E-state index contributed by atoms with van der Waals surface area (Å²) in [5, 5.41) is 11.4. The van der Waals surface area contributed by atoms with Gasteiger partial charge in [-0.2, -0.15) is 0 Å². The molecule has 1 atom stereocenters. The zero-order valence-electron chi connectivity index (χ0n) is 13.4. The molecule has 0 radical (unpaired) electrons. The lowest BCUT2D eigenvalue weighted by atomic mass is 9.95. The van der Waals surface area contributed by atoms with Crippen LogP contribution in [0.3, 0.4) is 0 Å². The molecule has 2 N–H and O–H groups in total. The molecule has 0 aromatic heterocycles. The van der Waals surface area contributed by atoms with Crippen LogP contribution in [-0.2, 0) is 16.0 Å². The van der Waals surface area contributed by atoms with E-state index in [1.165, 1.54) is 0 Å². The van der Waals surface area contributed by atoms with Gasteiger partial charge in [-0.25, -0.2) is 13.6 Å². The van der Waals surface area contributed by atoms with Gasteiger partial charge in [-0.3, -0.25) is 4.79 Å². The highest BCUT2D eigenvalue weighted by molar-refractivity contribution is 5.69. The fourth-order valence-corrected chi connectivity index (χ4v) is 2.02. The number of halogens is 2. The lowest BCUT2D eigenvalue weighted by Crippen LogP contribution is -2.36. The third-order valence-electron chi connectivity index (χ3n) is 2.91. The third-order valence-corrected chi connectivity index (χ3v) is 2.91. The van der Waals surface area contributed by atoms with Gasteiger partial charge in [0.1, 0.15) is 17.2 Å². The minimum Gasteiger partial charge on any atom is -0.481 e. The SMILES string of the molecule is CC(C)(C)OC(=O)NC[C@@H](CC(=O)O)Cc1cc(F)ccc1F. The van der Waals surface area contributed by atoms with Crippen molar-refractivity contribution in [2.24, 2.45) is 5.92 Å². The molecule has 7 heteroatoms. The maximum absolute atomic E-state index is 13.7. The summed E-state index contributed by atoms with van der Waals surface area (Å²) in [5.41, 5.74) is -0.608. The number of alkyl carbamates (subject to hydrolysis) is 1. The molecule has 1 amide bonds. The van der Waals surface area contributed by atoms with Gasteiger partial charge in [0.2, 0.25) is 0 Å². The first-order valence-corrected chi connectivity index (χ1v) is 7.19. The summed E-state index contributed by atoms with van der Waals surface area (Å²) >= 11 is 0. The number of aliphatic carboxylic acids is 1. The molecule has 0 saturated heterocycles. The van der Waals surface area contributed by atoms with Crippen molar-refractivity contribution in [2.75, 3.05) is 6.54 Å². The van der Waals surface area contributed by atoms with Gasteiger partial charge in [0.15, 0.2) is 0 Å². The van der Waals surface area contributed by atoms with Crippen LogP contribution in [0.4, 0.5) is 13.6 Å². The maximum atomic E-state index is 13.7. The average molecular weight is 329 g/mol. The number of amides is 1. The zero-order valence-corrected chi connectivity index (χ0v) is 13.4. The molecule has 0 fully saturated rings. The van der Waals surface area contributed by atoms with Crippen LogP contribution in [0.15, 0.2) is 18.2 Å². The Balaban J connectivity index is 2.71. The van der Waals surface area contributed by atoms with E-state index < -0.39 is 35.2 Å². The topological polar surface area (TPSA) is 75.6 Å². The molecule has 0 bridgehead atoms. The van der Waals surface area contributed by atoms with E-state index in [0.29, 0.717) is 0 Å². The number of rotatable bonds is 6. The lowest BCUT2D eigenvalue weighted by molar-refractivity contribution is -0.138. The second kappa shape index (κ2) is 7.89. The van der Waals surface area contributed by atoms with Crippen molar-refractivity contribution in [3.05, 3.63) is 35.4 Å². The first kappa shape index (κ1) is 18.9. The molecule has 0 aliphatic carbocycles. The molecule has 0 aliphatic heterocycles. The van der Waals surface area contributed by atoms with Gasteiger partial charge in [0.25, 0.3) is 0 Å². The third kappa shape index (κ3) is 7.58. The Bertz CT molecular complexity index is 570. The van der Waals surface area contributed by atoms with E-state index in [1.54, 1.807) is 20.8 Å². The number of carboxylic acids is 1. The number of carbonyl (C=O) groups excluding carboxylic acids is 1. The van der Waals surface area contributed by atoms with Crippen LogP contribution in [0.2, 0.25) is 0 Å². The summed E-state index contributed by atoms with van der Waals surface area (Å²) in [6, 6.07) is 3.01. The molecule has 0 spiro atoms. The molecule has 0 heterocycles. The minimum atomic E-state index is -1.09. The van der Waals surface area contributed by atoms with Crippen molar-refractivity contribution in [3.8, 4) is 0 Å². The normalized spacial score (nSPS) is 12.6. The first-order chi connectivity index (χ1) is 10.6. The quantitative estimate of drug-likeness (QED) is 0.841. The van der Waals surface area contributed by atoms with Crippen molar-refractivity contribution in [1.82, 2.24) is 5.32 Å². The highest BCUT2D eigenvalue weighted by Gasteiger charge is 2.20. The summed E-state index contributed by atoms with van der Waals surface area (Å²) in [6.07, 6.45) is -0.982. The molecule has 23 heavy (non-hydrogen) atoms. The number of carboxylic acid groups (broad SMARTS) is 1. The number of carbonyl (C=O) groups is 2. The van der Waals surface area contributed by atoms with Crippen LogP contribution in [0.5, 0.6) is 0 Å². The van der Waals surface area contributed by atoms with Crippen LogP contribution in [0, 0.1) is 17.6 Å². The van der Waals surface area contributed by atoms with Crippen molar-refractivity contribution in [1.29, 1.82) is 0 Å². The molecule has 0 unspecified atom stereocenters. The summed E-state index contributed by atoms with van der Waals surface area (Å²) in [4.78, 5) is 22.5. The van der Waals surface area contributed by atoms with Gasteiger partial charge in [0, 0.05) is 6.54 Å². The van der Waals surface area contributed by atoms with Crippen LogP contribution in [0.25, 0.3) is 0 Å². The van der Waals surface area contributed by atoms with E-state index in [0.717, 1.165) is 18.2 Å². The van der Waals surface area contributed by atoms with E-state index in [2.05, 4.69) is 5.32 Å².